The van der Waals surface area contributed by atoms with Gasteiger partial charge in [-0.05, 0) is 35.6 Å². The Kier molecular flexibility index (Phi) is 9.41. The van der Waals surface area contributed by atoms with Crippen LogP contribution in [0.5, 0.6) is 0 Å². The van der Waals surface area contributed by atoms with Gasteiger partial charge in [0.25, 0.3) is 0 Å². The molecule has 1 aliphatic heterocycles. The number of carbonyl (C=O) groups is 2. The minimum Gasteiger partial charge on any atom is -0.480 e. The quantitative estimate of drug-likeness (QED) is 0.365. The van der Waals surface area contributed by atoms with Gasteiger partial charge in [0, 0.05) is 22.5 Å². The van der Waals surface area contributed by atoms with Gasteiger partial charge in [0.15, 0.2) is 0 Å². The summed E-state index contributed by atoms with van der Waals surface area (Å²) in [4.78, 5) is 21.1. The van der Waals surface area contributed by atoms with E-state index in [0.29, 0.717) is 6.42 Å². The van der Waals surface area contributed by atoms with Crippen molar-refractivity contribution in [3.63, 3.8) is 0 Å². The molecule has 0 radical (unpaired) electrons. The van der Waals surface area contributed by atoms with E-state index in [1.165, 1.54) is 30.3 Å². The van der Waals surface area contributed by atoms with E-state index in [1.54, 1.807) is 0 Å². The summed E-state index contributed by atoms with van der Waals surface area (Å²) < 4.78 is 62.1. The topological polar surface area (TPSA) is 110 Å². The van der Waals surface area contributed by atoms with Gasteiger partial charge >= 0.3 is 18.1 Å². The van der Waals surface area contributed by atoms with E-state index < -0.39 is 53.2 Å². The normalized spacial score (nSPS) is 23.2. The Labute approximate surface area is 225 Å². The van der Waals surface area contributed by atoms with Crippen molar-refractivity contribution in [3.8, 4) is 6.07 Å². The summed E-state index contributed by atoms with van der Waals surface area (Å²) in [5.74, 6) is -6.85. The van der Waals surface area contributed by atoms with Crippen LogP contribution in [0.2, 0.25) is 10.0 Å². The summed E-state index contributed by atoms with van der Waals surface area (Å²) in [5, 5.41) is 30.5. The third-order valence-corrected chi connectivity index (χ3v) is 6.48. The minimum absolute atomic E-state index is 0.0331. The van der Waals surface area contributed by atoms with E-state index in [2.05, 4.69) is 11.4 Å². The van der Waals surface area contributed by atoms with Crippen molar-refractivity contribution >= 4 is 35.1 Å². The maximum atomic E-state index is 15.2. The molecule has 1 heterocycles. The van der Waals surface area contributed by atoms with Gasteiger partial charge in [-0.2, -0.15) is 18.4 Å². The third-order valence-electron chi connectivity index (χ3n) is 5.96. The van der Waals surface area contributed by atoms with E-state index in [-0.39, 0.29) is 26.6 Å². The Morgan fingerprint density at radius 2 is 1.68 bits per heavy atom. The molecule has 4 atom stereocenters. The molecule has 1 saturated heterocycles. The van der Waals surface area contributed by atoms with Crippen LogP contribution in [0.4, 0.5) is 22.0 Å². The number of hydrogen-bond acceptors (Lipinski definition) is 4. The number of hydrogen-bond donors (Lipinski definition) is 3. The van der Waals surface area contributed by atoms with Crippen molar-refractivity contribution in [1.29, 1.82) is 5.26 Å². The number of carboxylic acid groups (broad SMARTS) is 2. The molecular formula is C25H23Cl2F5N2O4. The lowest BCUT2D eigenvalue weighted by Gasteiger charge is -2.37. The van der Waals surface area contributed by atoms with Crippen LogP contribution < -0.4 is 5.32 Å². The summed E-state index contributed by atoms with van der Waals surface area (Å²) >= 11 is 11.9. The summed E-state index contributed by atoms with van der Waals surface area (Å²) in [6, 6.07) is 8.16. The fourth-order valence-corrected chi connectivity index (χ4v) is 4.88. The third kappa shape index (κ3) is 6.54. The maximum Gasteiger partial charge on any atom is 0.490 e. The highest BCUT2D eigenvalue weighted by Crippen LogP contribution is 2.52. The number of benzene rings is 2. The highest BCUT2D eigenvalue weighted by Gasteiger charge is 2.61. The van der Waals surface area contributed by atoms with E-state index in [0.717, 1.165) is 6.07 Å². The predicted octanol–water partition coefficient (Wildman–Crippen LogP) is 6.31. The van der Waals surface area contributed by atoms with Crippen molar-refractivity contribution in [2.24, 2.45) is 5.41 Å². The molecule has 0 aromatic heterocycles. The Balaban J connectivity index is 0.000000638. The van der Waals surface area contributed by atoms with Crippen molar-refractivity contribution in [2.75, 3.05) is 0 Å². The second-order valence-corrected chi connectivity index (χ2v) is 10.7. The zero-order valence-electron chi connectivity index (χ0n) is 20.2. The Morgan fingerprint density at radius 1 is 1.11 bits per heavy atom. The van der Waals surface area contributed by atoms with Gasteiger partial charge in [0.1, 0.15) is 23.1 Å². The highest BCUT2D eigenvalue weighted by atomic mass is 35.5. The van der Waals surface area contributed by atoms with Gasteiger partial charge in [0.2, 0.25) is 0 Å². The predicted molar refractivity (Wildman–Crippen MR) is 129 cm³/mol. The van der Waals surface area contributed by atoms with E-state index in [9.17, 15) is 28.3 Å². The number of halogens is 7. The molecule has 3 N–H and O–H groups in total. The molecule has 6 nitrogen and oxygen atoms in total. The van der Waals surface area contributed by atoms with Gasteiger partial charge in [0.05, 0.1) is 11.1 Å². The van der Waals surface area contributed by atoms with E-state index in [4.69, 9.17) is 33.1 Å². The number of aliphatic carboxylic acids is 2. The molecule has 3 unspecified atom stereocenters. The van der Waals surface area contributed by atoms with E-state index >= 15 is 8.78 Å². The van der Waals surface area contributed by atoms with E-state index in [1.807, 2.05) is 20.8 Å². The molecule has 1 aliphatic rings. The number of carboxylic acids is 2. The van der Waals surface area contributed by atoms with Crippen LogP contribution in [0.1, 0.15) is 44.2 Å². The molecule has 0 bridgehead atoms. The lowest BCUT2D eigenvalue weighted by Crippen LogP contribution is -2.44. The average Bonchev–Trinajstić information content (AvgIpc) is 3.08. The van der Waals surface area contributed by atoms with Crippen molar-refractivity contribution in [3.05, 3.63) is 69.2 Å². The van der Waals surface area contributed by atoms with Crippen molar-refractivity contribution in [2.45, 2.75) is 56.8 Å². The lowest BCUT2D eigenvalue weighted by atomic mass is 9.62. The first kappa shape index (κ1) is 31.3. The van der Waals surface area contributed by atoms with Crippen LogP contribution in [0.3, 0.4) is 0 Å². The van der Waals surface area contributed by atoms with Gasteiger partial charge < -0.3 is 10.2 Å². The van der Waals surface area contributed by atoms with Crippen LogP contribution in [-0.2, 0) is 15.0 Å². The zero-order valence-corrected chi connectivity index (χ0v) is 21.7. The molecule has 206 valence electrons. The monoisotopic (exact) mass is 580 g/mol. The first-order valence-electron chi connectivity index (χ1n) is 11.0. The van der Waals surface area contributed by atoms with Crippen molar-refractivity contribution < 1.29 is 41.8 Å². The summed E-state index contributed by atoms with van der Waals surface area (Å²) in [6.07, 6.45) is -4.74. The Bertz CT molecular complexity index is 1260. The molecule has 2 aromatic carbocycles. The average molecular weight is 581 g/mol. The fourth-order valence-electron chi connectivity index (χ4n) is 4.54. The van der Waals surface area contributed by atoms with Crippen molar-refractivity contribution in [1.82, 2.24) is 5.32 Å². The summed E-state index contributed by atoms with van der Waals surface area (Å²) in [6.45, 7) is 5.79. The molecule has 13 heteroatoms. The molecule has 0 saturated carbocycles. The number of nitriles is 1. The van der Waals surface area contributed by atoms with Crippen LogP contribution in [0.15, 0.2) is 36.4 Å². The summed E-state index contributed by atoms with van der Waals surface area (Å²) in [7, 11) is 0. The lowest BCUT2D eigenvalue weighted by molar-refractivity contribution is -0.192. The van der Waals surface area contributed by atoms with Gasteiger partial charge in [-0.3, -0.25) is 10.1 Å². The number of nitrogens with zero attached hydrogens (tertiary/aromatic N) is 1. The maximum absolute atomic E-state index is 15.2. The summed E-state index contributed by atoms with van der Waals surface area (Å²) in [5.41, 5.74) is -2.15. The molecule has 38 heavy (non-hydrogen) atoms. The standard InChI is InChI=1S/C23H22Cl2F2N2O2.C2HF3O2/c1-22(2,3)10-17-23(11-28,14-8-7-12(24)9-16(14)26)18(20(29-17)21(30)31)13-5-4-6-15(25)19(13)27;3-2(4,5)1(6)7/h4-9,17-18,20,29H,10H2,1-3H3,(H,30,31);(H,6,7)/t17?,18?,20?,23-;/m0./s1. The molecular weight excluding hydrogens is 558 g/mol. The minimum atomic E-state index is -5.08. The highest BCUT2D eigenvalue weighted by molar-refractivity contribution is 6.31. The largest absolute Gasteiger partial charge is 0.490 e. The number of rotatable bonds is 4. The van der Waals surface area contributed by atoms with Gasteiger partial charge in [-0.25, -0.2) is 13.6 Å². The second-order valence-electron chi connectivity index (χ2n) is 9.83. The number of nitrogens with one attached hydrogen (secondary N) is 1. The smallest absolute Gasteiger partial charge is 0.480 e. The fraction of sp³-hybridized carbons (Fsp3) is 0.400. The Hall–Kier alpha value is -2.94. The molecule has 1 fully saturated rings. The van der Waals surface area contributed by atoms with Crippen LogP contribution in [0, 0.1) is 28.4 Å². The zero-order chi connectivity index (χ0) is 29.2. The van der Waals surface area contributed by atoms with Crippen LogP contribution in [0.25, 0.3) is 0 Å². The molecule has 0 spiro atoms. The molecule has 2 aromatic rings. The van der Waals surface area contributed by atoms with Crippen LogP contribution >= 0.6 is 23.2 Å². The number of alkyl halides is 3. The van der Waals surface area contributed by atoms with Gasteiger partial charge in [-0.15, -0.1) is 0 Å². The molecule has 0 aliphatic carbocycles. The first-order valence-corrected chi connectivity index (χ1v) is 11.7. The van der Waals surface area contributed by atoms with Crippen LogP contribution in [-0.4, -0.2) is 40.4 Å². The first-order chi connectivity index (χ1) is 17.4. The molecule has 3 rings (SSSR count). The SMILES string of the molecule is CC(C)(C)CC1NC(C(=O)O)C(c2cccc(Cl)c2F)[C@@]1(C#N)c1ccc(Cl)cc1F.O=C(O)C(F)(F)F. The van der Waals surface area contributed by atoms with Gasteiger partial charge in [-0.1, -0.05) is 62.2 Å². The second kappa shape index (κ2) is 11.4. The Morgan fingerprint density at radius 3 is 2.13 bits per heavy atom. The molecule has 0 amide bonds.